The normalized spacial score (nSPS) is 13.5. The molecule has 5 rings (SSSR count). The molecule has 2 aromatic carbocycles. The van der Waals surface area contributed by atoms with Crippen LogP contribution in [0.3, 0.4) is 0 Å². The Kier molecular flexibility index (Phi) is 8.24. The van der Waals surface area contributed by atoms with E-state index in [-0.39, 0.29) is 0 Å². The average molecular weight is 525 g/mol. The summed E-state index contributed by atoms with van der Waals surface area (Å²) in [4.78, 5) is 14.9. The lowest BCUT2D eigenvalue weighted by atomic mass is 10.1. The summed E-state index contributed by atoms with van der Waals surface area (Å²) in [6.07, 6.45) is 7.33. The number of amides is 1. The number of likely N-dealkylation sites (tertiary alicyclic amines) is 1. The summed E-state index contributed by atoms with van der Waals surface area (Å²) in [5.41, 5.74) is 3.82. The molecule has 1 saturated heterocycles. The minimum atomic E-state index is -0.503. The number of piperidine rings is 1. The lowest BCUT2D eigenvalue weighted by Gasteiger charge is -2.26. The van der Waals surface area contributed by atoms with Gasteiger partial charge in [0.25, 0.3) is 0 Å². The molecule has 0 bridgehead atoms. The molecule has 0 unspecified atom stereocenters. The Morgan fingerprint density at radius 1 is 1.05 bits per heavy atom. The highest BCUT2D eigenvalue weighted by atomic mass is 16.5. The van der Waals surface area contributed by atoms with Crippen LogP contribution in [0.25, 0.3) is 5.52 Å². The largest absolute Gasteiger partial charge is 0.457 e. The fraction of sp³-hybridized carbons (Fsp3) is 0.300. The molecular formula is C30H32N6O3. The van der Waals surface area contributed by atoms with Crippen molar-refractivity contribution in [3.63, 3.8) is 0 Å². The summed E-state index contributed by atoms with van der Waals surface area (Å²) in [7, 11) is 0. The van der Waals surface area contributed by atoms with Gasteiger partial charge in [0.2, 0.25) is 0 Å². The third-order valence-electron chi connectivity index (χ3n) is 6.82. The highest BCUT2D eigenvalue weighted by Crippen LogP contribution is 2.33. The Morgan fingerprint density at radius 3 is 2.54 bits per heavy atom. The fourth-order valence-electron chi connectivity index (χ4n) is 4.78. The third-order valence-corrected chi connectivity index (χ3v) is 6.82. The van der Waals surface area contributed by atoms with E-state index < -0.39 is 6.09 Å². The number of rotatable bonds is 9. The van der Waals surface area contributed by atoms with Crippen molar-refractivity contribution in [2.45, 2.75) is 32.6 Å². The second-order valence-electron chi connectivity index (χ2n) is 9.59. The van der Waals surface area contributed by atoms with E-state index in [0.717, 1.165) is 43.1 Å². The topological polar surface area (TPSA) is 104 Å². The Balaban J connectivity index is 1.26. The average Bonchev–Trinajstić information content (AvgIpc) is 3.28. The Labute approximate surface area is 228 Å². The summed E-state index contributed by atoms with van der Waals surface area (Å²) < 4.78 is 13.0. The van der Waals surface area contributed by atoms with Crippen molar-refractivity contribution in [2.24, 2.45) is 0 Å². The Bertz CT molecular complexity index is 1450. The molecule has 1 aliphatic heterocycles. The SMILES string of the molecule is Cc1c(NC(=O)OCCCN2CCCCC2)cn2ncc(C#N)c(Nc3ccc(Oc4ccccc4)cc3)c12. The number of nitrogens with zero attached hydrogens (tertiary/aromatic N) is 4. The maximum atomic E-state index is 12.5. The number of fused-ring (bicyclic) bond motifs is 1. The Morgan fingerprint density at radius 2 is 1.79 bits per heavy atom. The molecule has 4 aromatic rings. The van der Waals surface area contributed by atoms with Crippen LogP contribution in [-0.4, -0.2) is 46.8 Å². The molecule has 2 aromatic heterocycles. The highest BCUT2D eigenvalue weighted by molar-refractivity contribution is 5.92. The van der Waals surface area contributed by atoms with E-state index in [1.54, 1.807) is 10.7 Å². The first kappa shape index (κ1) is 26.1. The van der Waals surface area contributed by atoms with Gasteiger partial charge in [0.15, 0.2) is 0 Å². The second-order valence-corrected chi connectivity index (χ2v) is 9.59. The van der Waals surface area contributed by atoms with Crippen LogP contribution in [0.15, 0.2) is 67.0 Å². The van der Waals surface area contributed by atoms with E-state index in [4.69, 9.17) is 9.47 Å². The van der Waals surface area contributed by atoms with Gasteiger partial charge in [-0.15, -0.1) is 0 Å². The number of carbonyl (C=O) groups is 1. The maximum absolute atomic E-state index is 12.5. The molecule has 0 atom stereocenters. The third kappa shape index (κ3) is 6.48. The van der Waals surface area contributed by atoms with Gasteiger partial charge in [0, 0.05) is 17.8 Å². The van der Waals surface area contributed by atoms with Crippen LogP contribution in [0.2, 0.25) is 0 Å². The van der Waals surface area contributed by atoms with Crippen molar-refractivity contribution < 1.29 is 14.3 Å². The first-order chi connectivity index (χ1) is 19.1. The second kappa shape index (κ2) is 12.3. The summed E-state index contributed by atoms with van der Waals surface area (Å²) >= 11 is 0. The minimum absolute atomic E-state index is 0.363. The molecular weight excluding hydrogens is 492 g/mol. The van der Waals surface area contributed by atoms with Crippen LogP contribution in [-0.2, 0) is 4.74 Å². The van der Waals surface area contributed by atoms with Gasteiger partial charge in [-0.05, 0) is 75.7 Å². The maximum Gasteiger partial charge on any atom is 0.411 e. The minimum Gasteiger partial charge on any atom is -0.457 e. The molecule has 1 aliphatic rings. The number of ether oxygens (including phenoxy) is 2. The van der Waals surface area contributed by atoms with Crippen LogP contribution >= 0.6 is 0 Å². The molecule has 1 fully saturated rings. The first-order valence-corrected chi connectivity index (χ1v) is 13.3. The number of para-hydroxylation sites is 1. The monoisotopic (exact) mass is 524 g/mol. The van der Waals surface area contributed by atoms with Crippen LogP contribution in [0.1, 0.15) is 36.8 Å². The smallest absolute Gasteiger partial charge is 0.411 e. The van der Waals surface area contributed by atoms with Gasteiger partial charge >= 0.3 is 6.09 Å². The lowest BCUT2D eigenvalue weighted by molar-refractivity contribution is 0.148. The number of benzene rings is 2. The van der Waals surface area contributed by atoms with Crippen molar-refractivity contribution in [3.05, 3.63) is 78.1 Å². The van der Waals surface area contributed by atoms with Crippen molar-refractivity contribution in [1.82, 2.24) is 14.5 Å². The number of aromatic nitrogens is 2. The lowest BCUT2D eigenvalue weighted by Crippen LogP contribution is -2.31. The fourth-order valence-corrected chi connectivity index (χ4v) is 4.78. The number of nitriles is 1. The molecule has 0 aliphatic carbocycles. The number of hydrogen-bond acceptors (Lipinski definition) is 7. The van der Waals surface area contributed by atoms with Gasteiger partial charge in [0.1, 0.15) is 17.6 Å². The summed E-state index contributed by atoms with van der Waals surface area (Å²) in [6.45, 7) is 5.44. The standard InChI is InChI=1S/C30H32N6O3/c1-22-27(34-30(37)38-18-8-17-35-15-6-3-7-16-35)21-36-29(22)28(23(19-31)20-32-36)33-24-11-13-26(14-12-24)39-25-9-4-2-5-10-25/h2,4-5,9-14,20-21,33H,3,6-8,15-18H2,1H3,(H,34,37). The molecule has 200 valence electrons. The van der Waals surface area contributed by atoms with Gasteiger partial charge in [0.05, 0.1) is 41.5 Å². The van der Waals surface area contributed by atoms with Gasteiger partial charge in [-0.1, -0.05) is 24.6 Å². The zero-order chi connectivity index (χ0) is 27.0. The van der Waals surface area contributed by atoms with Crippen LogP contribution in [0.5, 0.6) is 11.5 Å². The zero-order valence-electron chi connectivity index (χ0n) is 22.0. The number of anilines is 3. The van der Waals surface area contributed by atoms with Gasteiger partial charge < -0.3 is 19.7 Å². The molecule has 0 saturated carbocycles. The summed E-state index contributed by atoms with van der Waals surface area (Å²) in [6, 6.07) is 19.3. The van der Waals surface area contributed by atoms with Crippen LogP contribution < -0.4 is 15.4 Å². The Hall–Kier alpha value is -4.55. The quantitative estimate of drug-likeness (QED) is 0.242. The number of aryl methyl sites for hydroxylation is 1. The van der Waals surface area contributed by atoms with E-state index in [9.17, 15) is 10.1 Å². The molecule has 9 nitrogen and oxygen atoms in total. The van der Waals surface area contributed by atoms with E-state index in [1.165, 1.54) is 25.5 Å². The van der Waals surface area contributed by atoms with E-state index in [1.807, 2.05) is 61.5 Å². The van der Waals surface area contributed by atoms with E-state index >= 15 is 0 Å². The van der Waals surface area contributed by atoms with E-state index in [0.29, 0.717) is 34.8 Å². The van der Waals surface area contributed by atoms with Crippen molar-refractivity contribution in [2.75, 3.05) is 36.9 Å². The number of carbonyl (C=O) groups excluding carboxylic acids is 1. The van der Waals surface area contributed by atoms with Gasteiger partial charge in [-0.3, -0.25) is 5.32 Å². The van der Waals surface area contributed by atoms with Crippen molar-refractivity contribution >= 4 is 28.7 Å². The molecule has 0 spiro atoms. The van der Waals surface area contributed by atoms with E-state index in [2.05, 4.69) is 26.7 Å². The predicted octanol–water partition coefficient (Wildman–Crippen LogP) is 6.47. The van der Waals surface area contributed by atoms with Gasteiger partial charge in [-0.2, -0.15) is 10.4 Å². The first-order valence-electron chi connectivity index (χ1n) is 13.3. The molecule has 9 heteroatoms. The summed E-state index contributed by atoms with van der Waals surface area (Å²) in [5.74, 6) is 1.46. The number of hydrogen-bond donors (Lipinski definition) is 2. The molecule has 39 heavy (non-hydrogen) atoms. The van der Waals surface area contributed by atoms with Crippen LogP contribution in [0.4, 0.5) is 21.9 Å². The highest BCUT2D eigenvalue weighted by Gasteiger charge is 2.18. The zero-order valence-corrected chi connectivity index (χ0v) is 22.0. The van der Waals surface area contributed by atoms with Crippen molar-refractivity contribution in [1.29, 1.82) is 5.26 Å². The summed E-state index contributed by atoms with van der Waals surface area (Å²) in [5, 5.41) is 20.3. The molecule has 1 amide bonds. The van der Waals surface area contributed by atoms with Crippen molar-refractivity contribution in [3.8, 4) is 17.6 Å². The molecule has 3 heterocycles. The van der Waals surface area contributed by atoms with Gasteiger partial charge in [-0.25, -0.2) is 9.31 Å². The number of nitrogens with one attached hydrogen (secondary N) is 2. The van der Waals surface area contributed by atoms with Crippen LogP contribution in [0, 0.1) is 18.3 Å². The molecule has 2 N–H and O–H groups in total. The predicted molar refractivity (Wildman–Crippen MR) is 151 cm³/mol. The molecule has 0 radical (unpaired) electrons.